The second kappa shape index (κ2) is 8.79. The zero-order valence-electron chi connectivity index (χ0n) is 19.5. The van der Waals surface area contributed by atoms with E-state index in [0.717, 1.165) is 10.9 Å². The number of carbonyl (C=O) groups excluding carboxylic acids is 1. The maximum absolute atomic E-state index is 13.9. The number of aryl methyl sites for hydroxylation is 3. The third kappa shape index (κ3) is 4.18. The van der Waals surface area contributed by atoms with E-state index in [0.29, 0.717) is 40.4 Å². The number of nitrogens with one attached hydrogen (secondary N) is 1. The van der Waals surface area contributed by atoms with Crippen LogP contribution < -0.4 is 10.9 Å². The van der Waals surface area contributed by atoms with E-state index in [1.54, 1.807) is 23.6 Å². The molecule has 0 aliphatic carbocycles. The van der Waals surface area contributed by atoms with Crippen LogP contribution in [0.5, 0.6) is 0 Å². The minimum atomic E-state index is -0.408. The second-order valence-corrected chi connectivity index (χ2v) is 8.45. The number of rotatable bonds is 6. The lowest BCUT2D eigenvalue weighted by Crippen LogP contribution is -2.25. The molecule has 9 nitrogen and oxygen atoms in total. The Morgan fingerprint density at radius 2 is 2.00 bits per heavy atom. The molecule has 0 aliphatic rings. The fourth-order valence-corrected chi connectivity index (χ4v) is 4.05. The standard InChI is InChI=1S/C25H23FN6O3/c1-4-20-29-22(35-30-20)12-31-13-27-23-17-9-14(2)5-8-19(17)32(24(23)25(31)34)11-21(33)28-16-7-6-15(3)18(26)10-16/h5-10,13H,4,11-12H2,1-3H3,(H,28,33). The summed E-state index contributed by atoms with van der Waals surface area (Å²) in [5, 5.41) is 7.35. The number of amides is 1. The van der Waals surface area contributed by atoms with Crippen LogP contribution in [-0.2, 0) is 24.3 Å². The first-order chi connectivity index (χ1) is 16.8. The molecule has 0 bridgehead atoms. The van der Waals surface area contributed by atoms with Crippen molar-refractivity contribution in [2.24, 2.45) is 0 Å². The molecule has 3 heterocycles. The Bertz CT molecular complexity index is 1650. The summed E-state index contributed by atoms with van der Waals surface area (Å²) < 4.78 is 22.2. The average Bonchev–Trinajstić information content (AvgIpc) is 3.41. The Hall–Kier alpha value is -4.34. The molecule has 1 N–H and O–H groups in total. The topological polar surface area (TPSA) is 108 Å². The van der Waals surface area contributed by atoms with Crippen molar-refractivity contribution in [1.29, 1.82) is 0 Å². The molecule has 5 aromatic rings. The van der Waals surface area contributed by atoms with Crippen molar-refractivity contribution in [3.05, 3.63) is 81.7 Å². The van der Waals surface area contributed by atoms with Crippen molar-refractivity contribution >= 4 is 33.5 Å². The number of fused-ring (bicyclic) bond motifs is 3. The van der Waals surface area contributed by atoms with Crippen molar-refractivity contribution in [3.8, 4) is 0 Å². The van der Waals surface area contributed by atoms with Gasteiger partial charge in [-0.15, -0.1) is 0 Å². The maximum atomic E-state index is 13.9. The first-order valence-electron chi connectivity index (χ1n) is 11.2. The van der Waals surface area contributed by atoms with Gasteiger partial charge in [-0.1, -0.05) is 29.8 Å². The summed E-state index contributed by atoms with van der Waals surface area (Å²) in [5.41, 5.74) is 2.97. The SMILES string of the molecule is CCc1noc(Cn2cnc3c4cc(C)ccc4n(CC(=O)Nc4ccc(C)c(F)c4)c3c2=O)n1. The Morgan fingerprint density at radius 3 is 2.74 bits per heavy atom. The lowest BCUT2D eigenvalue weighted by atomic mass is 10.1. The van der Waals surface area contributed by atoms with Crippen LogP contribution in [0.3, 0.4) is 0 Å². The second-order valence-electron chi connectivity index (χ2n) is 8.45. The van der Waals surface area contributed by atoms with Gasteiger partial charge in [-0.05, 0) is 43.7 Å². The molecule has 0 unspecified atom stereocenters. The van der Waals surface area contributed by atoms with Gasteiger partial charge in [0.25, 0.3) is 5.56 Å². The molecule has 5 rings (SSSR count). The lowest BCUT2D eigenvalue weighted by Gasteiger charge is -2.10. The first kappa shape index (κ1) is 22.5. The van der Waals surface area contributed by atoms with Crippen molar-refractivity contribution in [3.63, 3.8) is 0 Å². The Balaban J connectivity index is 1.57. The van der Waals surface area contributed by atoms with Crippen molar-refractivity contribution in [1.82, 2.24) is 24.3 Å². The molecular formula is C25H23FN6O3. The quantitative estimate of drug-likeness (QED) is 0.402. The smallest absolute Gasteiger partial charge is 0.278 e. The van der Waals surface area contributed by atoms with E-state index < -0.39 is 11.7 Å². The van der Waals surface area contributed by atoms with Crippen LogP contribution in [0.4, 0.5) is 10.1 Å². The predicted octanol–water partition coefficient (Wildman–Crippen LogP) is 3.74. The van der Waals surface area contributed by atoms with E-state index in [1.807, 2.05) is 32.0 Å². The molecule has 10 heteroatoms. The number of nitrogens with zero attached hydrogens (tertiary/aromatic N) is 5. The van der Waals surface area contributed by atoms with Gasteiger partial charge in [0.1, 0.15) is 29.9 Å². The summed E-state index contributed by atoms with van der Waals surface area (Å²) >= 11 is 0. The van der Waals surface area contributed by atoms with Gasteiger partial charge < -0.3 is 14.4 Å². The van der Waals surface area contributed by atoms with Gasteiger partial charge in [0.15, 0.2) is 5.82 Å². The molecule has 3 aromatic heterocycles. The number of aromatic nitrogens is 5. The van der Waals surface area contributed by atoms with Crippen LogP contribution in [0, 0.1) is 19.7 Å². The van der Waals surface area contributed by atoms with Gasteiger partial charge in [-0.3, -0.25) is 14.2 Å². The van der Waals surface area contributed by atoms with Gasteiger partial charge >= 0.3 is 0 Å². The van der Waals surface area contributed by atoms with E-state index in [4.69, 9.17) is 4.52 Å². The summed E-state index contributed by atoms with van der Waals surface area (Å²) in [6.45, 7) is 5.41. The van der Waals surface area contributed by atoms with E-state index in [9.17, 15) is 14.0 Å². The van der Waals surface area contributed by atoms with Crippen LogP contribution in [0.15, 0.2) is 52.0 Å². The summed E-state index contributed by atoms with van der Waals surface area (Å²) in [6, 6.07) is 10.2. The maximum Gasteiger partial charge on any atom is 0.278 e. The highest BCUT2D eigenvalue weighted by Gasteiger charge is 2.20. The number of hydrogen-bond acceptors (Lipinski definition) is 6. The van der Waals surface area contributed by atoms with E-state index >= 15 is 0 Å². The third-order valence-electron chi connectivity index (χ3n) is 5.87. The molecule has 0 saturated carbocycles. The Labute approximate surface area is 199 Å². The monoisotopic (exact) mass is 474 g/mol. The Morgan fingerprint density at radius 1 is 1.17 bits per heavy atom. The van der Waals surface area contributed by atoms with Crippen LogP contribution in [0.1, 0.15) is 29.8 Å². The highest BCUT2D eigenvalue weighted by molar-refractivity contribution is 6.06. The van der Waals surface area contributed by atoms with Crippen LogP contribution in [-0.4, -0.2) is 30.2 Å². The fraction of sp³-hybridized carbons (Fsp3) is 0.240. The predicted molar refractivity (Wildman–Crippen MR) is 129 cm³/mol. The molecule has 35 heavy (non-hydrogen) atoms. The van der Waals surface area contributed by atoms with E-state index in [2.05, 4.69) is 20.4 Å². The Kier molecular flexibility index (Phi) is 5.64. The van der Waals surface area contributed by atoms with E-state index in [1.165, 1.54) is 17.0 Å². The van der Waals surface area contributed by atoms with Crippen LogP contribution in [0.25, 0.3) is 21.9 Å². The summed E-state index contributed by atoms with van der Waals surface area (Å²) in [4.78, 5) is 35.3. The molecule has 0 fully saturated rings. The zero-order valence-corrected chi connectivity index (χ0v) is 19.5. The highest BCUT2D eigenvalue weighted by Crippen LogP contribution is 2.26. The number of carbonyl (C=O) groups is 1. The lowest BCUT2D eigenvalue weighted by molar-refractivity contribution is -0.116. The summed E-state index contributed by atoms with van der Waals surface area (Å²) in [7, 11) is 0. The van der Waals surface area contributed by atoms with Gasteiger partial charge in [0, 0.05) is 17.5 Å². The third-order valence-corrected chi connectivity index (χ3v) is 5.87. The highest BCUT2D eigenvalue weighted by atomic mass is 19.1. The molecule has 0 spiro atoms. The molecule has 2 aromatic carbocycles. The van der Waals surface area contributed by atoms with Gasteiger partial charge in [-0.25, -0.2) is 9.37 Å². The minimum absolute atomic E-state index is 0.0597. The number of benzene rings is 2. The van der Waals surface area contributed by atoms with Gasteiger partial charge in [0.2, 0.25) is 11.8 Å². The van der Waals surface area contributed by atoms with Crippen molar-refractivity contribution in [2.45, 2.75) is 40.3 Å². The van der Waals surface area contributed by atoms with Gasteiger partial charge in [-0.2, -0.15) is 4.98 Å². The number of hydrogen-bond donors (Lipinski definition) is 1. The first-order valence-corrected chi connectivity index (χ1v) is 11.2. The molecule has 0 atom stereocenters. The molecular weight excluding hydrogens is 451 g/mol. The number of anilines is 1. The number of halogens is 1. The molecule has 0 aliphatic heterocycles. The molecule has 178 valence electrons. The zero-order chi connectivity index (χ0) is 24.7. The van der Waals surface area contributed by atoms with Crippen LogP contribution in [0.2, 0.25) is 0 Å². The van der Waals surface area contributed by atoms with Gasteiger partial charge in [0.05, 0.1) is 11.8 Å². The van der Waals surface area contributed by atoms with E-state index in [-0.39, 0.29) is 24.2 Å². The molecule has 1 amide bonds. The molecule has 0 saturated heterocycles. The fourth-order valence-electron chi connectivity index (χ4n) is 4.05. The normalized spacial score (nSPS) is 11.4. The minimum Gasteiger partial charge on any atom is -0.337 e. The van der Waals surface area contributed by atoms with Crippen molar-refractivity contribution in [2.75, 3.05) is 5.32 Å². The average molecular weight is 474 g/mol. The summed E-state index contributed by atoms with van der Waals surface area (Å²) in [6.07, 6.45) is 2.06. The van der Waals surface area contributed by atoms with Crippen molar-refractivity contribution < 1.29 is 13.7 Å². The summed E-state index contributed by atoms with van der Waals surface area (Å²) in [5.74, 6) is 0.0417. The molecule has 0 radical (unpaired) electrons. The largest absolute Gasteiger partial charge is 0.337 e. The van der Waals surface area contributed by atoms with Crippen LogP contribution >= 0.6 is 0 Å².